The van der Waals surface area contributed by atoms with Gasteiger partial charge in [0.1, 0.15) is 5.15 Å². The predicted octanol–water partition coefficient (Wildman–Crippen LogP) is 1.48. The van der Waals surface area contributed by atoms with Gasteiger partial charge < -0.3 is 0 Å². The summed E-state index contributed by atoms with van der Waals surface area (Å²) in [5, 5.41) is 10.0. The fourth-order valence-electron chi connectivity index (χ4n) is 1.24. The van der Waals surface area contributed by atoms with Gasteiger partial charge in [0, 0.05) is 11.3 Å². The number of anilines is 1. The third-order valence-electron chi connectivity index (χ3n) is 1.89. The van der Waals surface area contributed by atoms with E-state index in [0.717, 1.165) is 0 Å². The van der Waals surface area contributed by atoms with Crippen molar-refractivity contribution in [2.24, 2.45) is 0 Å². The van der Waals surface area contributed by atoms with Crippen LogP contribution in [0.15, 0.2) is 24.5 Å². The van der Waals surface area contributed by atoms with E-state index in [0.29, 0.717) is 11.3 Å². The van der Waals surface area contributed by atoms with E-state index in [1.165, 1.54) is 18.5 Å². The van der Waals surface area contributed by atoms with Crippen molar-refractivity contribution in [2.75, 3.05) is 5.32 Å². The topological polar surface area (TPSA) is 80.7 Å². The number of hydrogen-bond donors (Lipinski definition) is 1. The molecule has 0 saturated heterocycles. The molecule has 86 valence electrons. The van der Waals surface area contributed by atoms with E-state index in [1.54, 1.807) is 13.0 Å². The molecule has 0 radical (unpaired) electrons. The molecule has 6 nitrogen and oxygen atoms in total. The summed E-state index contributed by atoms with van der Waals surface area (Å²) in [6.45, 7) is 1.75. The quantitative estimate of drug-likeness (QED) is 0.816. The highest BCUT2D eigenvalue weighted by Gasteiger charge is 2.09. The van der Waals surface area contributed by atoms with Crippen LogP contribution < -0.4 is 5.32 Å². The van der Waals surface area contributed by atoms with Crippen molar-refractivity contribution in [3.63, 3.8) is 0 Å². The average molecular weight is 250 g/mol. The molecule has 0 aliphatic rings. The Balaban J connectivity index is 2.20. The molecule has 0 spiro atoms. The summed E-state index contributed by atoms with van der Waals surface area (Å²) in [4.78, 5) is 19.6. The number of halogens is 1. The molecule has 0 unspecified atom stereocenters. The standard InChI is InChI=1S/C10H8ClN5O/c1-6-4-7(5-8(11)14-6)9(17)15-10-12-2-3-13-16-10/h2-5H,1H3,(H,12,15,16,17). The molecule has 2 heterocycles. The van der Waals surface area contributed by atoms with Gasteiger partial charge in [-0.2, -0.15) is 5.10 Å². The first-order valence-electron chi connectivity index (χ1n) is 4.74. The molecular formula is C10H8ClN5O. The predicted molar refractivity (Wildman–Crippen MR) is 61.8 cm³/mol. The monoisotopic (exact) mass is 249 g/mol. The zero-order valence-electron chi connectivity index (χ0n) is 8.88. The van der Waals surface area contributed by atoms with Gasteiger partial charge in [-0.15, -0.1) is 5.10 Å². The van der Waals surface area contributed by atoms with E-state index in [9.17, 15) is 4.79 Å². The highest BCUT2D eigenvalue weighted by atomic mass is 35.5. The van der Waals surface area contributed by atoms with Crippen LogP contribution in [-0.4, -0.2) is 26.1 Å². The van der Waals surface area contributed by atoms with Crippen LogP contribution in [0.2, 0.25) is 5.15 Å². The number of carbonyl (C=O) groups excluding carboxylic acids is 1. The molecule has 0 fully saturated rings. The molecule has 2 aromatic heterocycles. The minimum absolute atomic E-state index is 0.142. The summed E-state index contributed by atoms with van der Waals surface area (Å²) in [5.41, 5.74) is 1.06. The summed E-state index contributed by atoms with van der Waals surface area (Å²) in [6.07, 6.45) is 2.86. The van der Waals surface area contributed by atoms with E-state index in [1.807, 2.05) is 0 Å². The molecule has 7 heteroatoms. The molecular weight excluding hydrogens is 242 g/mol. The van der Waals surface area contributed by atoms with Crippen molar-refractivity contribution in [3.8, 4) is 0 Å². The highest BCUT2D eigenvalue weighted by Crippen LogP contribution is 2.11. The number of nitrogens with one attached hydrogen (secondary N) is 1. The van der Waals surface area contributed by atoms with Crippen LogP contribution in [-0.2, 0) is 0 Å². The highest BCUT2D eigenvalue weighted by molar-refractivity contribution is 6.29. The average Bonchev–Trinajstić information content (AvgIpc) is 2.29. The molecule has 0 atom stereocenters. The van der Waals surface area contributed by atoms with Gasteiger partial charge >= 0.3 is 0 Å². The Morgan fingerprint density at radius 3 is 2.82 bits per heavy atom. The van der Waals surface area contributed by atoms with Crippen LogP contribution in [0, 0.1) is 6.92 Å². The van der Waals surface area contributed by atoms with Gasteiger partial charge in [-0.1, -0.05) is 11.6 Å². The first-order chi connectivity index (χ1) is 8.15. The molecule has 2 aromatic rings. The molecule has 1 amide bonds. The normalized spacial score (nSPS) is 10.0. The van der Waals surface area contributed by atoms with Gasteiger partial charge in [0.15, 0.2) is 0 Å². The summed E-state index contributed by atoms with van der Waals surface area (Å²) in [7, 11) is 0. The lowest BCUT2D eigenvalue weighted by atomic mass is 10.2. The van der Waals surface area contributed by atoms with Crippen molar-refractivity contribution in [3.05, 3.63) is 40.9 Å². The minimum Gasteiger partial charge on any atom is -0.289 e. The smallest absolute Gasteiger partial charge is 0.258 e. The lowest BCUT2D eigenvalue weighted by Gasteiger charge is -2.03. The molecule has 2 rings (SSSR count). The third kappa shape index (κ3) is 2.94. The van der Waals surface area contributed by atoms with Crippen molar-refractivity contribution < 1.29 is 4.79 Å². The second kappa shape index (κ2) is 4.84. The molecule has 0 aliphatic carbocycles. The van der Waals surface area contributed by atoms with Crippen LogP contribution in [0.3, 0.4) is 0 Å². The SMILES string of the molecule is Cc1cc(C(=O)Nc2nccnn2)cc(Cl)n1. The Labute approximate surface area is 102 Å². The van der Waals surface area contributed by atoms with Gasteiger partial charge in [-0.25, -0.2) is 9.97 Å². The molecule has 1 N–H and O–H groups in total. The molecule has 0 aliphatic heterocycles. The maximum atomic E-state index is 11.8. The van der Waals surface area contributed by atoms with E-state index in [4.69, 9.17) is 11.6 Å². The first kappa shape index (κ1) is 11.4. The second-order valence-electron chi connectivity index (χ2n) is 3.24. The van der Waals surface area contributed by atoms with Crippen LogP contribution in [0.25, 0.3) is 0 Å². The van der Waals surface area contributed by atoms with Gasteiger partial charge in [-0.3, -0.25) is 10.1 Å². The number of aromatic nitrogens is 4. The fourth-order valence-corrected chi connectivity index (χ4v) is 1.49. The Bertz CT molecular complexity index is 525. The number of rotatable bonds is 2. The molecule has 17 heavy (non-hydrogen) atoms. The number of pyridine rings is 1. The Morgan fingerprint density at radius 1 is 1.35 bits per heavy atom. The van der Waals surface area contributed by atoms with Gasteiger partial charge in [0.05, 0.1) is 12.4 Å². The van der Waals surface area contributed by atoms with E-state index >= 15 is 0 Å². The molecule has 0 bridgehead atoms. The van der Waals surface area contributed by atoms with Crippen molar-refractivity contribution in [1.82, 2.24) is 20.2 Å². The lowest BCUT2D eigenvalue weighted by molar-refractivity contribution is 0.102. The summed E-state index contributed by atoms with van der Waals surface area (Å²) in [6, 6.07) is 3.10. The van der Waals surface area contributed by atoms with Crippen molar-refractivity contribution in [1.29, 1.82) is 0 Å². The fraction of sp³-hybridized carbons (Fsp3) is 0.100. The lowest BCUT2D eigenvalue weighted by Crippen LogP contribution is -2.14. The third-order valence-corrected chi connectivity index (χ3v) is 2.09. The maximum absolute atomic E-state index is 11.8. The number of amides is 1. The van der Waals surface area contributed by atoms with Crippen molar-refractivity contribution in [2.45, 2.75) is 6.92 Å². The number of carbonyl (C=O) groups is 1. The zero-order valence-corrected chi connectivity index (χ0v) is 9.64. The Kier molecular flexibility index (Phi) is 3.24. The van der Waals surface area contributed by atoms with Gasteiger partial charge in [-0.05, 0) is 19.1 Å². The van der Waals surface area contributed by atoms with Crippen LogP contribution >= 0.6 is 11.6 Å². The number of nitrogens with zero attached hydrogens (tertiary/aromatic N) is 4. The van der Waals surface area contributed by atoms with Crippen LogP contribution in [0.4, 0.5) is 5.95 Å². The van der Waals surface area contributed by atoms with Gasteiger partial charge in [0.2, 0.25) is 5.95 Å². The maximum Gasteiger partial charge on any atom is 0.258 e. The number of hydrogen-bond acceptors (Lipinski definition) is 5. The van der Waals surface area contributed by atoms with Crippen molar-refractivity contribution >= 4 is 23.5 Å². The first-order valence-corrected chi connectivity index (χ1v) is 5.12. The largest absolute Gasteiger partial charge is 0.289 e. The Morgan fingerprint density at radius 2 is 2.18 bits per heavy atom. The van der Waals surface area contributed by atoms with Gasteiger partial charge in [0.25, 0.3) is 5.91 Å². The minimum atomic E-state index is -0.356. The molecule has 0 aromatic carbocycles. The number of aryl methyl sites for hydroxylation is 1. The van der Waals surface area contributed by atoms with E-state index in [2.05, 4.69) is 25.5 Å². The van der Waals surface area contributed by atoms with E-state index in [-0.39, 0.29) is 17.0 Å². The summed E-state index contributed by atoms with van der Waals surface area (Å²) < 4.78 is 0. The molecule has 0 saturated carbocycles. The Hall–Kier alpha value is -2.08. The summed E-state index contributed by atoms with van der Waals surface area (Å²) in [5.74, 6) is -0.214. The van der Waals surface area contributed by atoms with E-state index < -0.39 is 0 Å². The van der Waals surface area contributed by atoms with Crippen LogP contribution in [0.5, 0.6) is 0 Å². The summed E-state index contributed by atoms with van der Waals surface area (Å²) >= 11 is 5.76. The van der Waals surface area contributed by atoms with Crippen LogP contribution in [0.1, 0.15) is 16.1 Å². The second-order valence-corrected chi connectivity index (χ2v) is 3.63. The zero-order chi connectivity index (χ0) is 12.3.